The third-order valence-corrected chi connectivity index (χ3v) is 6.20. The Morgan fingerprint density at radius 2 is 1.79 bits per heavy atom. The maximum Gasteiger partial charge on any atom is 0.324 e. The van der Waals surface area contributed by atoms with E-state index in [-0.39, 0.29) is 18.4 Å². The highest BCUT2D eigenvalue weighted by Gasteiger charge is 2.28. The van der Waals surface area contributed by atoms with Crippen LogP contribution in [0.2, 0.25) is 0 Å². The van der Waals surface area contributed by atoms with Crippen LogP contribution in [0.3, 0.4) is 0 Å². The molecule has 1 saturated heterocycles. The molecule has 0 spiro atoms. The number of aromatic nitrogens is 1. The number of nitrogens with one attached hydrogen (secondary N) is 1. The third-order valence-electron chi connectivity index (χ3n) is 6.20. The molecule has 7 nitrogen and oxygen atoms in total. The highest BCUT2D eigenvalue weighted by molar-refractivity contribution is 5.94. The summed E-state index contributed by atoms with van der Waals surface area (Å²) in [6.07, 6.45) is 3.28. The highest BCUT2D eigenvalue weighted by atomic mass is 16.5. The molecule has 0 bridgehead atoms. The molecule has 0 aliphatic carbocycles. The van der Waals surface area contributed by atoms with Gasteiger partial charge >= 0.3 is 5.97 Å². The molecule has 1 aliphatic heterocycles. The van der Waals surface area contributed by atoms with Gasteiger partial charge in [0.2, 0.25) is 0 Å². The van der Waals surface area contributed by atoms with Gasteiger partial charge in [-0.3, -0.25) is 19.5 Å². The first-order valence-electron chi connectivity index (χ1n) is 11.7. The molecule has 0 radical (unpaired) electrons. The summed E-state index contributed by atoms with van der Waals surface area (Å²) in [4.78, 5) is 31.6. The van der Waals surface area contributed by atoms with Gasteiger partial charge in [-0.25, -0.2) is 0 Å². The van der Waals surface area contributed by atoms with Crippen LogP contribution in [0.15, 0.2) is 54.6 Å². The molecular formula is C27H31N3O4. The van der Waals surface area contributed by atoms with Crippen molar-refractivity contribution in [2.45, 2.75) is 38.8 Å². The van der Waals surface area contributed by atoms with Crippen LogP contribution in [0.5, 0.6) is 5.75 Å². The van der Waals surface area contributed by atoms with Gasteiger partial charge in [-0.1, -0.05) is 24.6 Å². The Labute approximate surface area is 200 Å². The Morgan fingerprint density at radius 3 is 2.53 bits per heavy atom. The molecular weight excluding hydrogens is 430 g/mol. The maximum absolute atomic E-state index is 12.7. The van der Waals surface area contributed by atoms with Crippen molar-refractivity contribution in [1.29, 1.82) is 0 Å². The fourth-order valence-electron chi connectivity index (χ4n) is 4.40. The first-order valence-corrected chi connectivity index (χ1v) is 11.7. The number of aryl methyl sites for hydroxylation is 1. The van der Waals surface area contributed by atoms with Crippen molar-refractivity contribution in [3.63, 3.8) is 0 Å². The Balaban J connectivity index is 1.36. The lowest BCUT2D eigenvalue weighted by molar-refractivity contribution is -0.147. The summed E-state index contributed by atoms with van der Waals surface area (Å²) in [5.74, 6) is 0.133. The summed E-state index contributed by atoms with van der Waals surface area (Å²) in [5.41, 5.74) is 3.47. The predicted molar refractivity (Wildman–Crippen MR) is 131 cm³/mol. The second-order valence-electron chi connectivity index (χ2n) is 8.60. The fraction of sp³-hybridized carbons (Fsp3) is 0.370. The van der Waals surface area contributed by atoms with Crippen molar-refractivity contribution in [2.75, 3.05) is 26.7 Å². The van der Waals surface area contributed by atoms with Crippen molar-refractivity contribution in [3.05, 3.63) is 71.4 Å². The van der Waals surface area contributed by atoms with Gasteiger partial charge in [-0.2, -0.15) is 0 Å². The first kappa shape index (κ1) is 23.7. The van der Waals surface area contributed by atoms with Gasteiger partial charge in [0.1, 0.15) is 18.4 Å². The number of carbonyl (C=O) groups excluding carboxylic acids is 2. The number of likely N-dealkylation sites (tertiary alicyclic amines) is 1. The van der Waals surface area contributed by atoms with Gasteiger partial charge in [-0.15, -0.1) is 0 Å². The molecule has 1 aromatic heterocycles. The average molecular weight is 462 g/mol. The quantitative estimate of drug-likeness (QED) is 0.513. The van der Waals surface area contributed by atoms with Gasteiger partial charge in [0.25, 0.3) is 5.91 Å². The lowest BCUT2D eigenvalue weighted by atomic mass is 10.1. The Bertz CT molecular complexity index is 1140. The van der Waals surface area contributed by atoms with E-state index in [0.717, 1.165) is 48.1 Å². The molecule has 1 amide bonds. The minimum Gasteiger partial charge on any atom is -0.489 e. The Morgan fingerprint density at radius 1 is 1.06 bits per heavy atom. The van der Waals surface area contributed by atoms with Gasteiger partial charge in [0, 0.05) is 28.8 Å². The van der Waals surface area contributed by atoms with Crippen LogP contribution in [0.25, 0.3) is 10.9 Å². The molecule has 0 unspecified atom stereocenters. The fourth-order valence-corrected chi connectivity index (χ4v) is 4.40. The SMILES string of the molecule is COC(=O)[C@H](CNC(=O)c1ccc(OCc2cc(C)nc3ccccc23)cc1)N1CCCCC1. The van der Waals surface area contributed by atoms with E-state index < -0.39 is 6.04 Å². The van der Waals surface area contributed by atoms with E-state index in [1.54, 1.807) is 24.3 Å². The molecule has 178 valence electrons. The third kappa shape index (κ3) is 5.72. The number of esters is 1. The number of pyridine rings is 1. The van der Waals surface area contributed by atoms with Crippen molar-refractivity contribution in [1.82, 2.24) is 15.2 Å². The summed E-state index contributed by atoms with van der Waals surface area (Å²) >= 11 is 0. The normalized spacial score (nSPS) is 15.0. The molecule has 1 fully saturated rings. The second-order valence-corrected chi connectivity index (χ2v) is 8.60. The predicted octanol–water partition coefficient (Wildman–Crippen LogP) is 3.88. The molecule has 2 aromatic carbocycles. The van der Waals surface area contributed by atoms with Crippen LogP contribution < -0.4 is 10.1 Å². The molecule has 3 aromatic rings. The maximum atomic E-state index is 12.7. The zero-order chi connectivity index (χ0) is 23.9. The number of hydrogen-bond donors (Lipinski definition) is 1. The zero-order valence-electron chi connectivity index (χ0n) is 19.8. The first-order chi connectivity index (χ1) is 16.5. The summed E-state index contributed by atoms with van der Waals surface area (Å²) < 4.78 is 11.0. The highest BCUT2D eigenvalue weighted by Crippen LogP contribution is 2.21. The van der Waals surface area contributed by atoms with Crippen molar-refractivity contribution in [3.8, 4) is 5.75 Å². The zero-order valence-corrected chi connectivity index (χ0v) is 19.8. The lowest BCUT2D eigenvalue weighted by Crippen LogP contribution is -2.50. The van der Waals surface area contributed by atoms with Gasteiger partial charge in [0.05, 0.1) is 12.6 Å². The van der Waals surface area contributed by atoms with E-state index in [2.05, 4.69) is 15.2 Å². The van der Waals surface area contributed by atoms with Crippen molar-refractivity contribution < 1.29 is 19.1 Å². The number of carbonyl (C=O) groups is 2. The van der Waals surface area contributed by atoms with Gasteiger partial charge in [-0.05, 0) is 69.3 Å². The van der Waals surface area contributed by atoms with Crippen LogP contribution in [-0.2, 0) is 16.1 Å². The minimum absolute atomic E-state index is 0.220. The van der Waals surface area contributed by atoms with Crippen LogP contribution in [0.4, 0.5) is 0 Å². The van der Waals surface area contributed by atoms with Crippen molar-refractivity contribution >= 4 is 22.8 Å². The van der Waals surface area contributed by atoms with E-state index in [0.29, 0.717) is 17.9 Å². The number of methoxy groups -OCH3 is 1. The van der Waals surface area contributed by atoms with Crippen molar-refractivity contribution in [2.24, 2.45) is 0 Å². The Hall–Kier alpha value is -3.45. The van der Waals surface area contributed by atoms with Crippen LogP contribution in [-0.4, -0.2) is 54.5 Å². The van der Waals surface area contributed by atoms with E-state index in [4.69, 9.17) is 9.47 Å². The molecule has 0 saturated carbocycles. The number of benzene rings is 2. The monoisotopic (exact) mass is 461 g/mol. The number of fused-ring (bicyclic) bond motifs is 1. The number of para-hydroxylation sites is 1. The summed E-state index contributed by atoms with van der Waals surface area (Å²) in [6, 6.07) is 16.6. The largest absolute Gasteiger partial charge is 0.489 e. The molecule has 4 rings (SSSR count). The number of rotatable bonds is 8. The van der Waals surface area contributed by atoms with E-state index >= 15 is 0 Å². The van der Waals surface area contributed by atoms with E-state index in [1.807, 2.05) is 37.3 Å². The molecule has 2 heterocycles. The van der Waals surface area contributed by atoms with Crippen LogP contribution >= 0.6 is 0 Å². The van der Waals surface area contributed by atoms with Crippen LogP contribution in [0.1, 0.15) is 40.9 Å². The van der Waals surface area contributed by atoms with E-state index in [9.17, 15) is 9.59 Å². The molecule has 1 N–H and O–H groups in total. The number of hydrogen-bond acceptors (Lipinski definition) is 6. The number of ether oxygens (including phenoxy) is 2. The Kier molecular flexibility index (Phi) is 7.75. The summed E-state index contributed by atoms with van der Waals surface area (Å²) in [6.45, 7) is 4.28. The minimum atomic E-state index is -0.463. The topological polar surface area (TPSA) is 80.8 Å². The summed E-state index contributed by atoms with van der Waals surface area (Å²) in [5, 5.41) is 3.95. The van der Waals surface area contributed by atoms with Gasteiger partial charge < -0.3 is 14.8 Å². The number of amides is 1. The lowest BCUT2D eigenvalue weighted by Gasteiger charge is -2.32. The average Bonchev–Trinajstić information content (AvgIpc) is 2.88. The van der Waals surface area contributed by atoms with Crippen LogP contribution in [0, 0.1) is 6.92 Å². The molecule has 7 heteroatoms. The van der Waals surface area contributed by atoms with E-state index in [1.165, 1.54) is 13.5 Å². The van der Waals surface area contributed by atoms with Gasteiger partial charge in [0.15, 0.2) is 0 Å². The number of piperidine rings is 1. The summed E-state index contributed by atoms with van der Waals surface area (Å²) in [7, 11) is 1.38. The molecule has 34 heavy (non-hydrogen) atoms. The smallest absolute Gasteiger partial charge is 0.324 e. The molecule has 1 atom stereocenters. The standard InChI is InChI=1S/C27H31N3O4/c1-19-16-21(23-8-4-5-9-24(23)29-19)18-34-22-12-10-20(11-13-22)26(31)28-17-25(27(32)33-2)30-14-6-3-7-15-30/h4-5,8-13,16,25H,3,6-7,14-15,17-18H2,1-2H3,(H,28,31)/t25-/m0/s1. The molecule has 1 aliphatic rings. The number of nitrogens with zero attached hydrogens (tertiary/aromatic N) is 2. The second kappa shape index (κ2) is 11.1.